The summed E-state index contributed by atoms with van der Waals surface area (Å²) in [4.78, 5) is 23.1. The van der Waals surface area contributed by atoms with Crippen LogP contribution in [0.15, 0.2) is 42.5 Å². The Bertz CT molecular complexity index is 704. The average molecular weight is 294 g/mol. The van der Waals surface area contributed by atoms with Crippen LogP contribution in [0.5, 0.6) is 0 Å². The molecule has 0 aromatic heterocycles. The maximum Gasteiger partial charge on any atom is 0.314 e. The molecule has 108 valence electrons. The van der Waals surface area contributed by atoms with Gasteiger partial charge >= 0.3 is 11.8 Å². The van der Waals surface area contributed by atoms with Crippen molar-refractivity contribution in [3.8, 4) is 0 Å². The zero-order valence-corrected chi connectivity index (χ0v) is 10.5. The predicted octanol–water partition coefficient (Wildman–Crippen LogP) is 2.68. The summed E-state index contributed by atoms with van der Waals surface area (Å²) in [5.41, 5.74) is -0.259. The van der Waals surface area contributed by atoms with E-state index in [0.717, 1.165) is 18.2 Å². The standard InChI is InChI=1S/C14H9F3N2O2/c15-8-2-1-3-10(6-8)18-13(20)14(21)19-12-5-4-9(16)7-11(12)17/h1-7H,(H,18,20)(H,19,21). The number of carbonyl (C=O) groups excluding carboxylic acids is 2. The van der Waals surface area contributed by atoms with Gasteiger partial charge in [-0.25, -0.2) is 13.2 Å². The molecule has 2 amide bonds. The van der Waals surface area contributed by atoms with Crippen molar-refractivity contribution in [2.24, 2.45) is 0 Å². The van der Waals surface area contributed by atoms with Crippen molar-refractivity contribution in [2.75, 3.05) is 10.6 Å². The first kappa shape index (κ1) is 14.6. The third kappa shape index (κ3) is 3.82. The van der Waals surface area contributed by atoms with Crippen LogP contribution < -0.4 is 10.6 Å². The van der Waals surface area contributed by atoms with Crippen LogP contribution in [0.1, 0.15) is 0 Å². The first-order chi connectivity index (χ1) is 9.95. The number of benzene rings is 2. The molecule has 0 aliphatic carbocycles. The molecule has 0 unspecified atom stereocenters. The average Bonchev–Trinajstić information content (AvgIpc) is 2.41. The van der Waals surface area contributed by atoms with E-state index in [-0.39, 0.29) is 11.4 Å². The second-order valence-electron chi connectivity index (χ2n) is 4.04. The Kier molecular flexibility index (Phi) is 4.22. The molecule has 7 heteroatoms. The molecule has 0 aliphatic rings. The minimum atomic E-state index is -1.16. The van der Waals surface area contributed by atoms with E-state index in [9.17, 15) is 22.8 Å². The Labute approximate surface area is 117 Å². The monoisotopic (exact) mass is 294 g/mol. The fourth-order valence-electron chi connectivity index (χ4n) is 1.52. The summed E-state index contributed by atoms with van der Waals surface area (Å²) < 4.78 is 38.9. The SMILES string of the molecule is O=C(Nc1cccc(F)c1)C(=O)Nc1ccc(F)cc1F. The highest BCUT2D eigenvalue weighted by Gasteiger charge is 2.16. The van der Waals surface area contributed by atoms with Gasteiger partial charge in [-0.2, -0.15) is 0 Å². The minimum Gasteiger partial charge on any atom is -0.318 e. The van der Waals surface area contributed by atoms with Crippen LogP contribution in [0.3, 0.4) is 0 Å². The number of hydrogen-bond donors (Lipinski definition) is 2. The van der Waals surface area contributed by atoms with Crippen molar-refractivity contribution in [3.05, 3.63) is 59.9 Å². The minimum absolute atomic E-state index is 0.0785. The molecule has 0 aliphatic heterocycles. The Hall–Kier alpha value is -2.83. The van der Waals surface area contributed by atoms with Crippen molar-refractivity contribution < 1.29 is 22.8 Å². The number of halogens is 3. The van der Waals surface area contributed by atoms with Crippen LogP contribution in [-0.4, -0.2) is 11.8 Å². The number of rotatable bonds is 2. The van der Waals surface area contributed by atoms with Crippen LogP contribution in [0, 0.1) is 17.5 Å². The maximum absolute atomic E-state index is 13.3. The van der Waals surface area contributed by atoms with E-state index in [1.54, 1.807) is 0 Å². The summed E-state index contributed by atoms with van der Waals surface area (Å²) in [6.07, 6.45) is 0. The summed E-state index contributed by atoms with van der Waals surface area (Å²) in [5, 5.41) is 4.13. The van der Waals surface area contributed by atoms with Crippen LogP contribution in [0.2, 0.25) is 0 Å². The van der Waals surface area contributed by atoms with Crippen molar-refractivity contribution in [1.82, 2.24) is 0 Å². The van der Waals surface area contributed by atoms with E-state index < -0.39 is 29.3 Å². The molecule has 0 radical (unpaired) electrons. The quantitative estimate of drug-likeness (QED) is 0.837. The van der Waals surface area contributed by atoms with E-state index in [0.29, 0.717) is 6.07 Å². The van der Waals surface area contributed by atoms with E-state index in [4.69, 9.17) is 0 Å². The van der Waals surface area contributed by atoms with E-state index in [1.807, 2.05) is 5.32 Å². The molecule has 2 rings (SSSR count). The maximum atomic E-state index is 13.3. The van der Waals surface area contributed by atoms with Crippen molar-refractivity contribution in [3.63, 3.8) is 0 Å². The third-order valence-electron chi connectivity index (χ3n) is 2.47. The molecule has 0 saturated carbocycles. The zero-order valence-electron chi connectivity index (χ0n) is 10.5. The molecule has 21 heavy (non-hydrogen) atoms. The summed E-state index contributed by atoms with van der Waals surface area (Å²) in [6.45, 7) is 0. The topological polar surface area (TPSA) is 58.2 Å². The Balaban J connectivity index is 2.04. The predicted molar refractivity (Wildman–Crippen MR) is 70.0 cm³/mol. The van der Waals surface area contributed by atoms with Gasteiger partial charge in [-0.15, -0.1) is 0 Å². The Morgan fingerprint density at radius 3 is 2.14 bits per heavy atom. The normalized spacial score (nSPS) is 10.0. The summed E-state index contributed by atoms with van der Waals surface area (Å²) in [7, 11) is 0. The second-order valence-corrected chi connectivity index (χ2v) is 4.04. The van der Waals surface area contributed by atoms with Gasteiger partial charge in [0.25, 0.3) is 0 Å². The molecule has 0 saturated heterocycles. The van der Waals surface area contributed by atoms with Crippen molar-refractivity contribution in [1.29, 1.82) is 0 Å². The van der Waals surface area contributed by atoms with Gasteiger partial charge in [-0.05, 0) is 30.3 Å². The molecule has 0 bridgehead atoms. The number of hydrogen-bond acceptors (Lipinski definition) is 2. The summed E-state index contributed by atoms with van der Waals surface area (Å²) in [6, 6.07) is 7.41. The molecule has 4 nitrogen and oxygen atoms in total. The lowest BCUT2D eigenvalue weighted by Crippen LogP contribution is -2.29. The zero-order chi connectivity index (χ0) is 15.4. The van der Waals surface area contributed by atoms with Gasteiger partial charge in [0, 0.05) is 11.8 Å². The molecule has 2 aromatic rings. The van der Waals surface area contributed by atoms with Gasteiger partial charge in [0.1, 0.15) is 17.5 Å². The molecule has 0 atom stereocenters. The van der Waals surface area contributed by atoms with E-state index in [1.165, 1.54) is 18.2 Å². The Morgan fingerprint density at radius 2 is 1.48 bits per heavy atom. The first-order valence-electron chi connectivity index (χ1n) is 5.78. The highest BCUT2D eigenvalue weighted by Crippen LogP contribution is 2.15. The fourth-order valence-corrected chi connectivity index (χ4v) is 1.52. The third-order valence-corrected chi connectivity index (χ3v) is 2.47. The second kappa shape index (κ2) is 6.08. The lowest BCUT2D eigenvalue weighted by atomic mass is 10.3. The lowest BCUT2D eigenvalue weighted by Gasteiger charge is -2.07. The van der Waals surface area contributed by atoms with Gasteiger partial charge in [0.05, 0.1) is 5.69 Å². The van der Waals surface area contributed by atoms with Crippen molar-refractivity contribution >= 4 is 23.2 Å². The number of carbonyl (C=O) groups is 2. The van der Waals surface area contributed by atoms with E-state index >= 15 is 0 Å². The van der Waals surface area contributed by atoms with E-state index in [2.05, 4.69) is 5.32 Å². The van der Waals surface area contributed by atoms with Crippen LogP contribution in [-0.2, 0) is 9.59 Å². The smallest absolute Gasteiger partial charge is 0.314 e. The Morgan fingerprint density at radius 1 is 0.810 bits per heavy atom. The molecule has 2 aromatic carbocycles. The molecular weight excluding hydrogens is 285 g/mol. The summed E-state index contributed by atoms with van der Waals surface area (Å²) in [5.74, 6) is -4.68. The van der Waals surface area contributed by atoms with Crippen LogP contribution >= 0.6 is 0 Å². The van der Waals surface area contributed by atoms with Crippen LogP contribution in [0.4, 0.5) is 24.5 Å². The number of nitrogens with one attached hydrogen (secondary N) is 2. The van der Waals surface area contributed by atoms with Crippen molar-refractivity contribution in [2.45, 2.75) is 0 Å². The van der Waals surface area contributed by atoms with Gasteiger partial charge < -0.3 is 10.6 Å². The molecule has 0 spiro atoms. The molecule has 2 N–H and O–H groups in total. The van der Waals surface area contributed by atoms with Gasteiger partial charge in [0.15, 0.2) is 0 Å². The van der Waals surface area contributed by atoms with Gasteiger partial charge in [-0.1, -0.05) is 6.07 Å². The molecular formula is C14H9F3N2O2. The van der Waals surface area contributed by atoms with Crippen LogP contribution in [0.25, 0.3) is 0 Å². The molecule has 0 heterocycles. The highest BCUT2D eigenvalue weighted by atomic mass is 19.1. The first-order valence-corrected chi connectivity index (χ1v) is 5.78. The largest absolute Gasteiger partial charge is 0.318 e. The highest BCUT2D eigenvalue weighted by molar-refractivity contribution is 6.43. The lowest BCUT2D eigenvalue weighted by molar-refractivity contribution is -0.133. The number of anilines is 2. The fraction of sp³-hybridized carbons (Fsp3) is 0. The van der Waals surface area contributed by atoms with Gasteiger partial charge in [-0.3, -0.25) is 9.59 Å². The summed E-state index contributed by atoms with van der Waals surface area (Å²) >= 11 is 0. The number of amides is 2. The molecule has 0 fully saturated rings. The van der Waals surface area contributed by atoms with Gasteiger partial charge in [0.2, 0.25) is 0 Å².